The van der Waals surface area contributed by atoms with Gasteiger partial charge in [-0.25, -0.2) is 4.98 Å². The van der Waals surface area contributed by atoms with E-state index in [9.17, 15) is 0 Å². The Morgan fingerprint density at radius 2 is 2.12 bits per heavy atom. The number of likely N-dealkylation sites (tertiary alicyclic amines) is 1. The van der Waals surface area contributed by atoms with E-state index in [1.807, 2.05) is 12.1 Å². The van der Waals surface area contributed by atoms with Crippen LogP contribution in [0.25, 0.3) is 0 Å². The molecular weight excluding hydrogens is 255 g/mol. The topological polar surface area (TPSA) is 16.1 Å². The number of hydrogen-bond donors (Lipinski definition) is 0. The zero-order valence-electron chi connectivity index (χ0n) is 10.1. The van der Waals surface area contributed by atoms with E-state index in [0.717, 1.165) is 31.1 Å². The normalized spacial score (nSPS) is 22.4. The zero-order chi connectivity index (χ0) is 12.3. The van der Waals surface area contributed by atoms with E-state index in [2.05, 4.69) is 16.8 Å². The molecular formula is C13H18Cl2N2. The molecule has 2 rings (SSSR count). The van der Waals surface area contributed by atoms with Crippen LogP contribution in [0, 0.1) is 5.92 Å². The minimum Gasteiger partial charge on any atom is -0.299 e. The molecule has 0 spiro atoms. The van der Waals surface area contributed by atoms with Gasteiger partial charge in [-0.3, -0.25) is 4.90 Å². The van der Waals surface area contributed by atoms with E-state index in [1.54, 1.807) is 0 Å². The van der Waals surface area contributed by atoms with Crippen molar-refractivity contribution in [1.82, 2.24) is 9.88 Å². The predicted octanol–water partition coefficient (Wildman–Crippen LogP) is 4.01. The van der Waals surface area contributed by atoms with Crippen molar-refractivity contribution in [2.45, 2.75) is 32.7 Å². The molecule has 1 fully saturated rings. The molecule has 0 aliphatic carbocycles. The molecule has 2 heterocycles. The molecule has 0 aromatic carbocycles. The standard InChI is InChI=1S/C13H18Cl2N2/c1-10-3-2-7-17(8-6-10)9-11-4-5-12(14)16-13(11)15/h4-5,10H,2-3,6-9H2,1H3. The Kier molecular flexibility index (Phi) is 4.66. The van der Waals surface area contributed by atoms with Gasteiger partial charge in [-0.05, 0) is 44.3 Å². The Bertz CT molecular complexity index is 382. The Morgan fingerprint density at radius 1 is 1.29 bits per heavy atom. The van der Waals surface area contributed by atoms with Crippen LogP contribution in [0.15, 0.2) is 12.1 Å². The van der Waals surface area contributed by atoms with Gasteiger partial charge in [0.2, 0.25) is 0 Å². The van der Waals surface area contributed by atoms with Crippen LogP contribution >= 0.6 is 23.2 Å². The molecule has 1 aromatic rings. The molecule has 94 valence electrons. The second-order valence-electron chi connectivity index (χ2n) is 4.90. The highest BCUT2D eigenvalue weighted by Crippen LogP contribution is 2.21. The van der Waals surface area contributed by atoms with Crippen LogP contribution in [-0.4, -0.2) is 23.0 Å². The summed E-state index contributed by atoms with van der Waals surface area (Å²) in [5, 5.41) is 0.998. The van der Waals surface area contributed by atoms with Gasteiger partial charge in [-0.2, -0.15) is 0 Å². The largest absolute Gasteiger partial charge is 0.299 e. The summed E-state index contributed by atoms with van der Waals surface area (Å²) in [5.74, 6) is 0.846. The molecule has 0 bridgehead atoms. The minimum atomic E-state index is 0.461. The Hall–Kier alpha value is -0.310. The van der Waals surface area contributed by atoms with Crippen molar-refractivity contribution in [3.63, 3.8) is 0 Å². The van der Waals surface area contributed by atoms with Gasteiger partial charge >= 0.3 is 0 Å². The van der Waals surface area contributed by atoms with Crippen LogP contribution in [0.3, 0.4) is 0 Å². The maximum Gasteiger partial charge on any atom is 0.135 e. The summed E-state index contributed by atoms with van der Waals surface area (Å²) in [6.07, 6.45) is 3.89. The summed E-state index contributed by atoms with van der Waals surface area (Å²) in [6, 6.07) is 3.79. The average Bonchev–Trinajstić information content (AvgIpc) is 2.48. The first-order valence-corrected chi connectivity index (χ1v) is 6.94. The summed E-state index contributed by atoms with van der Waals surface area (Å²) in [5.41, 5.74) is 1.07. The molecule has 17 heavy (non-hydrogen) atoms. The van der Waals surface area contributed by atoms with E-state index in [0.29, 0.717) is 10.3 Å². The zero-order valence-corrected chi connectivity index (χ0v) is 11.6. The summed E-state index contributed by atoms with van der Waals surface area (Å²) in [7, 11) is 0. The van der Waals surface area contributed by atoms with E-state index < -0.39 is 0 Å². The van der Waals surface area contributed by atoms with Crippen LogP contribution in [-0.2, 0) is 6.54 Å². The molecule has 1 unspecified atom stereocenters. The van der Waals surface area contributed by atoms with Crippen molar-refractivity contribution in [3.05, 3.63) is 28.0 Å². The molecule has 1 aromatic heterocycles. The summed E-state index contributed by atoms with van der Waals surface area (Å²) >= 11 is 11.9. The Balaban J connectivity index is 2.00. The average molecular weight is 273 g/mol. The smallest absolute Gasteiger partial charge is 0.135 e. The van der Waals surface area contributed by atoms with Crippen molar-refractivity contribution in [2.75, 3.05) is 13.1 Å². The number of hydrogen-bond acceptors (Lipinski definition) is 2. The maximum absolute atomic E-state index is 6.10. The monoisotopic (exact) mass is 272 g/mol. The van der Waals surface area contributed by atoms with Gasteiger partial charge in [0.25, 0.3) is 0 Å². The van der Waals surface area contributed by atoms with E-state index in [4.69, 9.17) is 23.2 Å². The van der Waals surface area contributed by atoms with Crippen LogP contribution in [0.1, 0.15) is 31.7 Å². The van der Waals surface area contributed by atoms with Gasteiger partial charge in [-0.1, -0.05) is 36.2 Å². The van der Waals surface area contributed by atoms with Crippen LogP contribution in [0.2, 0.25) is 10.3 Å². The molecule has 4 heteroatoms. The van der Waals surface area contributed by atoms with E-state index >= 15 is 0 Å². The highest BCUT2D eigenvalue weighted by atomic mass is 35.5. The van der Waals surface area contributed by atoms with Crippen LogP contribution < -0.4 is 0 Å². The van der Waals surface area contributed by atoms with Gasteiger partial charge in [0.05, 0.1) is 0 Å². The van der Waals surface area contributed by atoms with Crippen molar-refractivity contribution < 1.29 is 0 Å². The quantitative estimate of drug-likeness (QED) is 0.757. The fraction of sp³-hybridized carbons (Fsp3) is 0.615. The van der Waals surface area contributed by atoms with Crippen LogP contribution in [0.5, 0.6) is 0 Å². The highest BCUT2D eigenvalue weighted by molar-refractivity contribution is 6.32. The first-order chi connectivity index (χ1) is 8.15. The number of pyridine rings is 1. The van der Waals surface area contributed by atoms with Gasteiger partial charge in [0.15, 0.2) is 0 Å². The van der Waals surface area contributed by atoms with Gasteiger partial charge in [0.1, 0.15) is 10.3 Å². The number of halogens is 2. The minimum absolute atomic E-state index is 0.461. The molecule has 1 atom stereocenters. The Labute approximate surface area is 113 Å². The van der Waals surface area contributed by atoms with E-state index in [1.165, 1.54) is 19.3 Å². The third-order valence-corrected chi connectivity index (χ3v) is 3.93. The maximum atomic E-state index is 6.10. The molecule has 1 aliphatic rings. The molecule has 0 radical (unpaired) electrons. The van der Waals surface area contributed by atoms with Crippen molar-refractivity contribution >= 4 is 23.2 Å². The second-order valence-corrected chi connectivity index (χ2v) is 5.64. The lowest BCUT2D eigenvalue weighted by Gasteiger charge is -2.20. The lowest BCUT2D eigenvalue weighted by atomic mass is 10.0. The molecule has 0 amide bonds. The highest BCUT2D eigenvalue weighted by Gasteiger charge is 2.15. The number of aromatic nitrogens is 1. The van der Waals surface area contributed by atoms with Crippen molar-refractivity contribution in [3.8, 4) is 0 Å². The summed E-state index contributed by atoms with van der Waals surface area (Å²) < 4.78 is 0. The molecule has 1 saturated heterocycles. The fourth-order valence-corrected chi connectivity index (χ4v) is 2.68. The first kappa shape index (κ1) is 13.1. The third-order valence-electron chi connectivity index (χ3n) is 3.40. The summed E-state index contributed by atoms with van der Waals surface area (Å²) in [6.45, 7) is 5.53. The first-order valence-electron chi connectivity index (χ1n) is 6.18. The van der Waals surface area contributed by atoms with Gasteiger partial charge in [0, 0.05) is 12.1 Å². The van der Waals surface area contributed by atoms with Crippen LogP contribution in [0.4, 0.5) is 0 Å². The van der Waals surface area contributed by atoms with E-state index in [-0.39, 0.29) is 0 Å². The molecule has 1 aliphatic heterocycles. The molecule has 0 saturated carbocycles. The lowest BCUT2D eigenvalue weighted by Crippen LogP contribution is -2.24. The third kappa shape index (κ3) is 3.84. The van der Waals surface area contributed by atoms with Crippen molar-refractivity contribution in [2.24, 2.45) is 5.92 Å². The van der Waals surface area contributed by atoms with Gasteiger partial charge < -0.3 is 0 Å². The predicted molar refractivity (Wildman–Crippen MR) is 72.5 cm³/mol. The lowest BCUT2D eigenvalue weighted by molar-refractivity contribution is 0.273. The second kappa shape index (κ2) is 6.03. The molecule has 2 nitrogen and oxygen atoms in total. The van der Waals surface area contributed by atoms with Gasteiger partial charge in [-0.15, -0.1) is 0 Å². The summed E-state index contributed by atoms with van der Waals surface area (Å²) in [4.78, 5) is 6.54. The number of nitrogens with zero attached hydrogens (tertiary/aromatic N) is 2. The SMILES string of the molecule is CC1CCCN(Cc2ccc(Cl)nc2Cl)CC1. The molecule has 0 N–H and O–H groups in total. The number of rotatable bonds is 2. The van der Waals surface area contributed by atoms with Crippen molar-refractivity contribution in [1.29, 1.82) is 0 Å². The Morgan fingerprint density at radius 3 is 2.88 bits per heavy atom. The fourth-order valence-electron chi connectivity index (χ4n) is 2.28.